The first-order valence-electron chi connectivity index (χ1n) is 8.20. The molecular formula is C22H15ClO3. The fraction of sp³-hybridized carbons (Fsp3) is 0.0455. The van der Waals surface area contributed by atoms with Crippen LogP contribution < -0.4 is 10.4 Å². The molecule has 0 unspecified atom stereocenters. The van der Waals surface area contributed by atoms with Gasteiger partial charge in [0.05, 0.1) is 0 Å². The van der Waals surface area contributed by atoms with Crippen molar-refractivity contribution >= 4 is 22.6 Å². The zero-order valence-electron chi connectivity index (χ0n) is 13.8. The van der Waals surface area contributed by atoms with Crippen molar-refractivity contribution in [1.82, 2.24) is 0 Å². The van der Waals surface area contributed by atoms with Crippen molar-refractivity contribution in [3.05, 3.63) is 99.9 Å². The van der Waals surface area contributed by atoms with Crippen molar-refractivity contribution < 1.29 is 9.15 Å². The first-order chi connectivity index (χ1) is 12.7. The van der Waals surface area contributed by atoms with Gasteiger partial charge in [0, 0.05) is 22.5 Å². The molecule has 0 radical (unpaired) electrons. The lowest BCUT2D eigenvalue weighted by Crippen LogP contribution is -1.99. The summed E-state index contributed by atoms with van der Waals surface area (Å²) in [4.78, 5) is 12.0. The Morgan fingerprint density at radius 3 is 2.54 bits per heavy atom. The topological polar surface area (TPSA) is 39.4 Å². The molecule has 0 atom stereocenters. The van der Waals surface area contributed by atoms with Crippen LogP contribution >= 0.6 is 11.6 Å². The monoisotopic (exact) mass is 362 g/mol. The van der Waals surface area contributed by atoms with Crippen LogP contribution in [0.4, 0.5) is 0 Å². The number of benzene rings is 3. The van der Waals surface area contributed by atoms with E-state index < -0.39 is 0 Å². The summed E-state index contributed by atoms with van der Waals surface area (Å²) in [5, 5.41) is 1.54. The fourth-order valence-electron chi connectivity index (χ4n) is 2.88. The molecular weight excluding hydrogens is 348 g/mol. The van der Waals surface area contributed by atoms with Crippen LogP contribution in [0, 0.1) is 0 Å². The summed E-state index contributed by atoms with van der Waals surface area (Å²) >= 11 is 5.99. The van der Waals surface area contributed by atoms with Crippen molar-refractivity contribution in [2.24, 2.45) is 0 Å². The van der Waals surface area contributed by atoms with E-state index in [2.05, 4.69) is 0 Å². The molecule has 3 nitrogen and oxygen atoms in total. The van der Waals surface area contributed by atoms with E-state index in [1.807, 2.05) is 66.7 Å². The highest BCUT2D eigenvalue weighted by Crippen LogP contribution is 2.29. The van der Waals surface area contributed by atoms with Gasteiger partial charge in [0.15, 0.2) is 0 Å². The summed E-state index contributed by atoms with van der Waals surface area (Å²) in [7, 11) is 0. The van der Waals surface area contributed by atoms with Gasteiger partial charge in [-0.05, 0) is 41.0 Å². The molecule has 4 aromatic rings. The average molecular weight is 363 g/mol. The van der Waals surface area contributed by atoms with Gasteiger partial charge in [0.25, 0.3) is 0 Å². The van der Waals surface area contributed by atoms with E-state index in [1.54, 1.807) is 6.07 Å². The van der Waals surface area contributed by atoms with E-state index >= 15 is 0 Å². The van der Waals surface area contributed by atoms with Gasteiger partial charge in [-0.1, -0.05) is 54.1 Å². The maximum Gasteiger partial charge on any atom is 0.336 e. The summed E-state index contributed by atoms with van der Waals surface area (Å²) in [6, 6.07) is 24.3. The van der Waals surface area contributed by atoms with Gasteiger partial charge >= 0.3 is 5.63 Å². The Labute approximate surface area is 155 Å². The van der Waals surface area contributed by atoms with E-state index in [0.29, 0.717) is 23.0 Å². The molecule has 128 valence electrons. The number of ether oxygens (including phenoxy) is 1. The first-order valence-corrected chi connectivity index (χ1v) is 8.57. The average Bonchev–Trinajstić information content (AvgIpc) is 2.66. The second kappa shape index (κ2) is 7.06. The lowest BCUT2D eigenvalue weighted by atomic mass is 10.0. The zero-order chi connectivity index (χ0) is 17.9. The summed E-state index contributed by atoms with van der Waals surface area (Å²) < 4.78 is 11.2. The molecule has 0 aliphatic rings. The summed E-state index contributed by atoms with van der Waals surface area (Å²) in [6.07, 6.45) is 0. The summed E-state index contributed by atoms with van der Waals surface area (Å²) in [6.45, 7) is 0.384. The van der Waals surface area contributed by atoms with Crippen LogP contribution in [0.15, 0.2) is 88.1 Å². The molecule has 0 aliphatic carbocycles. The van der Waals surface area contributed by atoms with Gasteiger partial charge < -0.3 is 9.15 Å². The van der Waals surface area contributed by atoms with Gasteiger partial charge in [0.2, 0.25) is 0 Å². The van der Waals surface area contributed by atoms with Crippen molar-refractivity contribution in [3.63, 3.8) is 0 Å². The SMILES string of the molecule is O=c1cc(-c2ccccc2)c2ccc(OCc3cccc(Cl)c3)cc2o1. The Hall–Kier alpha value is -3.04. The van der Waals surface area contributed by atoms with Crippen LogP contribution in [0.1, 0.15) is 5.56 Å². The van der Waals surface area contributed by atoms with Gasteiger partial charge in [-0.15, -0.1) is 0 Å². The summed E-state index contributed by atoms with van der Waals surface area (Å²) in [5.41, 5.74) is 2.90. The number of hydrogen-bond acceptors (Lipinski definition) is 3. The third kappa shape index (κ3) is 3.48. The molecule has 0 spiro atoms. The predicted octanol–water partition coefficient (Wildman–Crippen LogP) is 5.69. The van der Waals surface area contributed by atoms with Crippen LogP contribution in [-0.4, -0.2) is 0 Å². The normalized spacial score (nSPS) is 10.8. The molecule has 0 saturated carbocycles. The molecule has 1 heterocycles. The first kappa shape index (κ1) is 16.4. The van der Waals surface area contributed by atoms with E-state index in [1.165, 1.54) is 6.07 Å². The molecule has 0 fully saturated rings. The molecule has 4 rings (SSSR count). The lowest BCUT2D eigenvalue weighted by Gasteiger charge is -2.09. The van der Waals surface area contributed by atoms with Gasteiger partial charge in [-0.2, -0.15) is 0 Å². The van der Waals surface area contributed by atoms with Crippen LogP contribution in [0.25, 0.3) is 22.1 Å². The molecule has 26 heavy (non-hydrogen) atoms. The van der Waals surface area contributed by atoms with Crippen molar-refractivity contribution in [2.45, 2.75) is 6.61 Å². The third-order valence-electron chi connectivity index (χ3n) is 4.10. The number of fused-ring (bicyclic) bond motifs is 1. The molecule has 0 amide bonds. The standard InChI is InChI=1S/C22H15ClO3/c23-17-8-4-5-15(11-17)14-25-18-9-10-19-20(16-6-2-1-3-7-16)13-22(24)26-21(19)12-18/h1-13H,14H2. The molecule has 0 aliphatic heterocycles. The lowest BCUT2D eigenvalue weighted by molar-refractivity contribution is 0.306. The van der Waals surface area contributed by atoms with Crippen LogP contribution in [0.3, 0.4) is 0 Å². The van der Waals surface area contributed by atoms with E-state index in [0.717, 1.165) is 22.1 Å². The summed E-state index contributed by atoms with van der Waals surface area (Å²) in [5.74, 6) is 0.630. The van der Waals surface area contributed by atoms with Crippen LogP contribution in [0.5, 0.6) is 5.75 Å². The van der Waals surface area contributed by atoms with Crippen molar-refractivity contribution in [1.29, 1.82) is 0 Å². The Morgan fingerprint density at radius 2 is 1.73 bits per heavy atom. The smallest absolute Gasteiger partial charge is 0.336 e. The maximum atomic E-state index is 12.0. The molecule has 4 heteroatoms. The minimum atomic E-state index is -0.386. The molecule has 0 N–H and O–H groups in total. The highest BCUT2D eigenvalue weighted by Gasteiger charge is 2.09. The predicted molar refractivity (Wildman–Crippen MR) is 104 cm³/mol. The van der Waals surface area contributed by atoms with E-state index in [4.69, 9.17) is 20.8 Å². The zero-order valence-corrected chi connectivity index (χ0v) is 14.6. The van der Waals surface area contributed by atoms with Crippen LogP contribution in [-0.2, 0) is 6.61 Å². The van der Waals surface area contributed by atoms with E-state index in [-0.39, 0.29) is 5.63 Å². The van der Waals surface area contributed by atoms with E-state index in [9.17, 15) is 4.79 Å². The van der Waals surface area contributed by atoms with Gasteiger partial charge in [0.1, 0.15) is 17.9 Å². The minimum Gasteiger partial charge on any atom is -0.489 e. The van der Waals surface area contributed by atoms with Crippen molar-refractivity contribution in [3.8, 4) is 16.9 Å². The molecule has 0 saturated heterocycles. The fourth-order valence-corrected chi connectivity index (χ4v) is 3.10. The number of hydrogen-bond donors (Lipinski definition) is 0. The number of halogens is 1. The molecule has 0 bridgehead atoms. The third-order valence-corrected chi connectivity index (χ3v) is 4.33. The molecule has 1 aromatic heterocycles. The van der Waals surface area contributed by atoms with Crippen LogP contribution in [0.2, 0.25) is 5.02 Å². The highest BCUT2D eigenvalue weighted by atomic mass is 35.5. The quantitative estimate of drug-likeness (QED) is 0.437. The van der Waals surface area contributed by atoms with Crippen molar-refractivity contribution in [2.75, 3.05) is 0 Å². The Morgan fingerprint density at radius 1 is 0.885 bits per heavy atom. The minimum absolute atomic E-state index is 0.384. The maximum absolute atomic E-state index is 12.0. The Kier molecular flexibility index (Phi) is 4.46. The second-order valence-electron chi connectivity index (χ2n) is 5.92. The largest absolute Gasteiger partial charge is 0.489 e. The second-order valence-corrected chi connectivity index (χ2v) is 6.36. The number of rotatable bonds is 4. The molecule has 3 aromatic carbocycles. The van der Waals surface area contributed by atoms with Gasteiger partial charge in [-0.3, -0.25) is 0 Å². The highest BCUT2D eigenvalue weighted by molar-refractivity contribution is 6.30. The Balaban J connectivity index is 1.68. The Bertz CT molecular complexity index is 1120. The van der Waals surface area contributed by atoms with Gasteiger partial charge in [-0.25, -0.2) is 4.79 Å².